The molecule has 0 atom stereocenters. The summed E-state index contributed by atoms with van der Waals surface area (Å²) in [6, 6.07) is 7.47. The average molecular weight is 346 g/mol. The lowest BCUT2D eigenvalue weighted by atomic mass is 10.1. The minimum Gasteiger partial charge on any atom is -0.487 e. The number of aliphatic hydroxyl groups excluding tert-OH is 1. The molecule has 1 aromatic carbocycles. The number of carbonyl (C=O) groups excluding carboxylic acids is 1. The fraction of sp³-hybridized carbons (Fsp3) is 0.333. The van der Waals surface area contributed by atoms with Gasteiger partial charge >= 0.3 is 0 Å². The van der Waals surface area contributed by atoms with Crippen LogP contribution in [0.1, 0.15) is 30.1 Å². The van der Waals surface area contributed by atoms with Crippen LogP contribution in [0, 0.1) is 6.92 Å². The van der Waals surface area contributed by atoms with E-state index in [2.05, 4.69) is 10.3 Å². The van der Waals surface area contributed by atoms with Gasteiger partial charge in [-0.25, -0.2) is 4.98 Å². The van der Waals surface area contributed by atoms with Crippen molar-refractivity contribution in [1.29, 1.82) is 0 Å². The van der Waals surface area contributed by atoms with Crippen LogP contribution in [0.5, 0.6) is 5.75 Å². The number of amides is 1. The molecule has 1 heterocycles. The molecule has 0 spiro atoms. The first-order valence-corrected chi connectivity index (χ1v) is 8.51. The molecule has 1 aromatic heterocycles. The maximum atomic E-state index is 11.8. The van der Waals surface area contributed by atoms with Crippen molar-refractivity contribution in [3.8, 4) is 5.75 Å². The van der Waals surface area contributed by atoms with Crippen LogP contribution >= 0.6 is 11.3 Å². The van der Waals surface area contributed by atoms with Crippen LogP contribution < -0.4 is 10.1 Å². The van der Waals surface area contributed by atoms with E-state index in [1.165, 1.54) is 6.08 Å². The van der Waals surface area contributed by atoms with Crippen molar-refractivity contribution in [2.75, 3.05) is 6.61 Å². The summed E-state index contributed by atoms with van der Waals surface area (Å²) in [7, 11) is 0. The Labute approximate surface area is 146 Å². The van der Waals surface area contributed by atoms with E-state index in [-0.39, 0.29) is 12.5 Å². The maximum absolute atomic E-state index is 11.8. The molecule has 1 amide bonds. The van der Waals surface area contributed by atoms with Crippen LogP contribution in [0.4, 0.5) is 0 Å². The van der Waals surface area contributed by atoms with Crippen LogP contribution in [0.3, 0.4) is 0 Å². The van der Waals surface area contributed by atoms with E-state index in [0.29, 0.717) is 6.61 Å². The van der Waals surface area contributed by atoms with Crippen molar-refractivity contribution in [2.24, 2.45) is 0 Å². The lowest BCUT2D eigenvalue weighted by Crippen LogP contribution is -2.45. The first-order valence-electron chi connectivity index (χ1n) is 7.63. The number of thiazole rings is 1. The number of nitrogens with one attached hydrogen (secondary N) is 1. The Hall–Kier alpha value is -2.18. The van der Waals surface area contributed by atoms with E-state index in [1.807, 2.05) is 36.6 Å². The van der Waals surface area contributed by atoms with Gasteiger partial charge in [-0.1, -0.05) is 12.1 Å². The lowest BCUT2D eigenvalue weighted by Gasteiger charge is -2.22. The van der Waals surface area contributed by atoms with E-state index in [1.54, 1.807) is 31.3 Å². The zero-order chi connectivity index (χ0) is 17.6. The number of aryl methyl sites for hydroxylation is 1. The molecule has 2 aromatic rings. The molecule has 0 aliphatic rings. The van der Waals surface area contributed by atoms with Crippen molar-refractivity contribution in [1.82, 2.24) is 10.3 Å². The largest absolute Gasteiger partial charge is 0.487 e. The third-order valence-corrected chi connectivity index (χ3v) is 4.04. The van der Waals surface area contributed by atoms with Crippen molar-refractivity contribution >= 4 is 23.3 Å². The van der Waals surface area contributed by atoms with Crippen LogP contribution in [-0.2, 0) is 11.4 Å². The van der Waals surface area contributed by atoms with Gasteiger partial charge in [0.25, 0.3) is 0 Å². The van der Waals surface area contributed by atoms with Gasteiger partial charge in [-0.2, -0.15) is 0 Å². The van der Waals surface area contributed by atoms with Crippen LogP contribution in [0.15, 0.2) is 35.7 Å². The smallest absolute Gasteiger partial charge is 0.244 e. The number of aromatic nitrogens is 1. The number of hydrogen-bond acceptors (Lipinski definition) is 5. The van der Waals surface area contributed by atoms with Crippen LogP contribution in [-0.4, -0.2) is 28.1 Å². The van der Waals surface area contributed by atoms with Crippen LogP contribution in [0.2, 0.25) is 0 Å². The number of ether oxygens (including phenoxy) is 1. The van der Waals surface area contributed by atoms with Gasteiger partial charge in [-0.3, -0.25) is 4.79 Å². The molecule has 2 N–H and O–H groups in total. The Bertz CT molecular complexity index is 705. The van der Waals surface area contributed by atoms with Gasteiger partial charge in [-0.15, -0.1) is 11.3 Å². The maximum Gasteiger partial charge on any atom is 0.244 e. The molecule has 5 nitrogen and oxygen atoms in total. The summed E-state index contributed by atoms with van der Waals surface area (Å²) in [6.07, 6.45) is 3.17. The Kier molecular flexibility index (Phi) is 6.11. The molecule has 2 rings (SSSR count). The van der Waals surface area contributed by atoms with Crippen molar-refractivity contribution in [3.63, 3.8) is 0 Å². The summed E-state index contributed by atoms with van der Waals surface area (Å²) < 4.78 is 5.68. The third kappa shape index (κ3) is 5.79. The van der Waals surface area contributed by atoms with E-state index < -0.39 is 5.54 Å². The van der Waals surface area contributed by atoms with Gasteiger partial charge in [0.1, 0.15) is 12.4 Å². The van der Waals surface area contributed by atoms with Gasteiger partial charge in [0.2, 0.25) is 5.91 Å². The summed E-state index contributed by atoms with van der Waals surface area (Å²) in [4.78, 5) is 16.1. The SMILES string of the molecule is Cc1nc(COc2ccc(/C=C/C(=O)NC(C)(C)CO)cc2)cs1. The van der Waals surface area contributed by atoms with Gasteiger partial charge in [0.05, 0.1) is 22.8 Å². The summed E-state index contributed by atoms with van der Waals surface area (Å²) in [5, 5.41) is 14.9. The van der Waals surface area contributed by atoms with E-state index >= 15 is 0 Å². The predicted octanol–water partition coefficient (Wildman–Crippen LogP) is 2.93. The summed E-state index contributed by atoms with van der Waals surface area (Å²) in [5.41, 5.74) is 1.18. The minimum atomic E-state index is -0.632. The average Bonchev–Trinajstić information content (AvgIpc) is 2.97. The molecular formula is C18H22N2O3S. The number of rotatable bonds is 7. The topological polar surface area (TPSA) is 71.5 Å². The summed E-state index contributed by atoms with van der Waals surface area (Å²) >= 11 is 1.60. The van der Waals surface area contributed by atoms with Gasteiger partial charge < -0.3 is 15.2 Å². The Morgan fingerprint density at radius 3 is 2.67 bits per heavy atom. The standard InChI is InChI=1S/C18H22N2O3S/c1-13-19-15(11-24-13)10-23-16-7-4-14(5-8-16)6-9-17(22)20-18(2,3)12-21/h4-9,11,21H,10,12H2,1-3H3,(H,20,22)/b9-6+. The van der Waals surface area contributed by atoms with E-state index in [9.17, 15) is 4.79 Å². The quantitative estimate of drug-likeness (QED) is 0.756. The lowest BCUT2D eigenvalue weighted by molar-refractivity contribution is -0.118. The molecule has 0 radical (unpaired) electrons. The number of aliphatic hydroxyl groups is 1. The molecule has 0 aliphatic heterocycles. The van der Waals surface area contributed by atoms with E-state index in [0.717, 1.165) is 22.0 Å². The van der Waals surface area contributed by atoms with Gasteiger partial charge in [-0.05, 0) is 44.5 Å². The van der Waals surface area contributed by atoms with E-state index in [4.69, 9.17) is 9.84 Å². The molecule has 0 aliphatic carbocycles. The molecule has 0 bridgehead atoms. The minimum absolute atomic E-state index is 0.114. The number of nitrogens with zero attached hydrogens (tertiary/aromatic N) is 1. The first kappa shape index (κ1) is 18.2. The zero-order valence-corrected chi connectivity index (χ0v) is 14.9. The molecule has 0 fully saturated rings. The fourth-order valence-electron chi connectivity index (χ4n) is 1.89. The molecule has 128 valence electrons. The monoisotopic (exact) mass is 346 g/mol. The third-order valence-electron chi connectivity index (χ3n) is 3.22. The highest BCUT2D eigenvalue weighted by molar-refractivity contribution is 7.09. The summed E-state index contributed by atoms with van der Waals surface area (Å²) in [5.74, 6) is 0.511. The molecule has 24 heavy (non-hydrogen) atoms. The number of carbonyl (C=O) groups is 1. The highest BCUT2D eigenvalue weighted by Gasteiger charge is 2.17. The van der Waals surface area contributed by atoms with Gasteiger partial charge in [0, 0.05) is 11.5 Å². The number of hydrogen-bond donors (Lipinski definition) is 2. The van der Waals surface area contributed by atoms with Gasteiger partial charge in [0.15, 0.2) is 0 Å². The van der Waals surface area contributed by atoms with Crippen molar-refractivity contribution in [3.05, 3.63) is 52.0 Å². The Morgan fingerprint density at radius 1 is 1.38 bits per heavy atom. The van der Waals surface area contributed by atoms with Crippen molar-refractivity contribution in [2.45, 2.75) is 32.9 Å². The second-order valence-corrected chi connectivity index (χ2v) is 7.14. The molecular weight excluding hydrogens is 324 g/mol. The zero-order valence-electron chi connectivity index (χ0n) is 14.1. The number of benzene rings is 1. The first-order chi connectivity index (χ1) is 11.4. The predicted molar refractivity (Wildman–Crippen MR) is 96.0 cm³/mol. The molecule has 0 saturated carbocycles. The highest BCUT2D eigenvalue weighted by atomic mass is 32.1. The van der Waals surface area contributed by atoms with Crippen molar-refractivity contribution < 1.29 is 14.6 Å². The highest BCUT2D eigenvalue weighted by Crippen LogP contribution is 2.16. The molecule has 0 saturated heterocycles. The Morgan fingerprint density at radius 2 is 2.08 bits per heavy atom. The van der Waals surface area contributed by atoms with Crippen LogP contribution in [0.25, 0.3) is 6.08 Å². The second-order valence-electron chi connectivity index (χ2n) is 6.08. The normalized spacial score (nSPS) is 11.7. The molecule has 6 heteroatoms. The summed E-state index contributed by atoms with van der Waals surface area (Å²) in [6.45, 7) is 5.81. The fourth-order valence-corrected chi connectivity index (χ4v) is 2.49. The Balaban J connectivity index is 1.87. The second kappa shape index (κ2) is 8.08. The molecule has 0 unspecified atom stereocenters.